The van der Waals surface area contributed by atoms with Crippen molar-refractivity contribution in [3.05, 3.63) is 69.7 Å². The summed E-state index contributed by atoms with van der Waals surface area (Å²) in [5.74, 6) is -0.00381. The van der Waals surface area contributed by atoms with Crippen LogP contribution in [0.1, 0.15) is 38.8 Å². The van der Waals surface area contributed by atoms with Crippen molar-refractivity contribution in [3.8, 4) is 17.3 Å². The summed E-state index contributed by atoms with van der Waals surface area (Å²) in [5.41, 5.74) is 1.92. The number of ether oxygens (including phenoxy) is 4. The van der Waals surface area contributed by atoms with Gasteiger partial charge in [0.15, 0.2) is 0 Å². The van der Waals surface area contributed by atoms with Gasteiger partial charge in [0.1, 0.15) is 5.82 Å². The Morgan fingerprint density at radius 3 is 2.51 bits per heavy atom. The van der Waals surface area contributed by atoms with Crippen LogP contribution in [0, 0.1) is 0 Å². The maximum absolute atomic E-state index is 13.0. The van der Waals surface area contributed by atoms with Crippen LogP contribution in [0.2, 0.25) is 10.0 Å². The molecule has 208 valence electrons. The van der Waals surface area contributed by atoms with Crippen molar-refractivity contribution in [1.82, 2.24) is 9.97 Å². The van der Waals surface area contributed by atoms with Crippen LogP contribution in [0.15, 0.2) is 48.5 Å². The van der Waals surface area contributed by atoms with Crippen LogP contribution in [-0.2, 0) is 30.8 Å². The van der Waals surface area contributed by atoms with Gasteiger partial charge in [0.25, 0.3) is 0 Å². The number of hydrogen-bond donors (Lipinski definition) is 1. The number of carbonyl (C=O) groups excluding carboxylic acids is 2. The lowest BCUT2D eigenvalue weighted by Gasteiger charge is -2.25. The molecule has 39 heavy (non-hydrogen) atoms. The molecule has 0 bridgehead atoms. The largest absolute Gasteiger partial charge is 0.511 e. The molecule has 0 fully saturated rings. The lowest BCUT2D eigenvalue weighted by Crippen LogP contribution is -2.35. The molecule has 0 saturated carbocycles. The van der Waals surface area contributed by atoms with E-state index >= 15 is 0 Å². The van der Waals surface area contributed by atoms with E-state index < -0.39 is 23.8 Å². The number of hydrogen-bond acceptors (Lipinski definition) is 9. The first kappa shape index (κ1) is 30.0. The quantitative estimate of drug-likeness (QED) is 0.203. The van der Waals surface area contributed by atoms with E-state index in [0.29, 0.717) is 40.1 Å². The van der Waals surface area contributed by atoms with E-state index in [0.717, 1.165) is 11.1 Å². The molecule has 0 amide bonds. The van der Waals surface area contributed by atoms with Gasteiger partial charge in [0.05, 0.1) is 24.8 Å². The van der Waals surface area contributed by atoms with Crippen molar-refractivity contribution in [2.45, 2.75) is 45.8 Å². The van der Waals surface area contributed by atoms with Crippen molar-refractivity contribution in [2.24, 2.45) is 0 Å². The summed E-state index contributed by atoms with van der Waals surface area (Å²) >= 11 is 12.3. The van der Waals surface area contributed by atoms with Gasteiger partial charge in [-0.1, -0.05) is 47.5 Å². The molecule has 0 aliphatic heterocycles. The van der Waals surface area contributed by atoms with E-state index in [1.165, 1.54) is 14.0 Å². The van der Waals surface area contributed by atoms with E-state index in [4.69, 9.17) is 42.1 Å². The fourth-order valence-electron chi connectivity index (χ4n) is 3.60. The number of nitrogens with one attached hydrogen (secondary N) is 1. The molecular formula is C28H31Cl2N3O6. The van der Waals surface area contributed by atoms with Gasteiger partial charge in [-0.05, 0) is 56.5 Å². The summed E-state index contributed by atoms with van der Waals surface area (Å²) in [6.07, 6.45) is -1.36. The van der Waals surface area contributed by atoms with Gasteiger partial charge in [0, 0.05) is 35.1 Å². The second-order valence-electron chi connectivity index (χ2n) is 9.02. The number of halogens is 2. The standard InChI is InChI=1S/C28H31Cl2N3O6/c1-6-37-27(35)39-17(2)38-25(34)28(3,4)20-9-7-8-19(14-20)23-16-24(33-26(32-23)36-5)31-13-12-18-10-11-21(29)15-22(18)30/h7-11,14-17H,6,12-13H2,1-5H3,(H,31,32,33). The molecule has 3 rings (SSSR count). The van der Waals surface area contributed by atoms with Gasteiger partial charge in [-0.2, -0.15) is 9.97 Å². The number of benzene rings is 2. The molecule has 3 aromatic rings. The molecule has 1 aromatic heterocycles. The Morgan fingerprint density at radius 2 is 1.82 bits per heavy atom. The SMILES string of the molecule is CCOC(=O)OC(C)OC(=O)C(C)(C)c1cccc(-c2cc(NCCc3ccc(Cl)cc3Cl)nc(OC)n2)c1. The molecule has 1 heterocycles. The molecule has 1 unspecified atom stereocenters. The van der Waals surface area contributed by atoms with Crippen LogP contribution in [0.5, 0.6) is 6.01 Å². The zero-order chi connectivity index (χ0) is 28.6. The van der Waals surface area contributed by atoms with Gasteiger partial charge in [-0.3, -0.25) is 4.79 Å². The van der Waals surface area contributed by atoms with Gasteiger partial charge in [-0.15, -0.1) is 0 Å². The number of anilines is 1. The van der Waals surface area contributed by atoms with Gasteiger partial charge in [-0.25, -0.2) is 4.79 Å². The second-order valence-corrected chi connectivity index (χ2v) is 9.86. The first-order valence-corrected chi connectivity index (χ1v) is 13.0. The third-order valence-corrected chi connectivity index (χ3v) is 6.38. The summed E-state index contributed by atoms with van der Waals surface area (Å²) in [6.45, 7) is 7.26. The molecule has 2 aromatic carbocycles. The second kappa shape index (κ2) is 13.5. The van der Waals surface area contributed by atoms with Crippen molar-refractivity contribution >= 4 is 41.1 Å². The topological polar surface area (TPSA) is 109 Å². The molecular weight excluding hydrogens is 545 g/mol. The zero-order valence-electron chi connectivity index (χ0n) is 22.4. The normalized spacial score (nSPS) is 11.9. The zero-order valence-corrected chi connectivity index (χ0v) is 23.9. The van der Waals surface area contributed by atoms with E-state index in [-0.39, 0.29) is 12.6 Å². The number of carbonyl (C=O) groups is 2. The maximum atomic E-state index is 13.0. The lowest BCUT2D eigenvalue weighted by atomic mass is 9.83. The average Bonchev–Trinajstić information content (AvgIpc) is 2.89. The monoisotopic (exact) mass is 575 g/mol. The van der Waals surface area contributed by atoms with Crippen molar-refractivity contribution in [1.29, 1.82) is 0 Å². The molecule has 0 aliphatic rings. The van der Waals surface area contributed by atoms with Gasteiger partial charge >= 0.3 is 18.1 Å². The minimum Gasteiger partial charge on any atom is -0.467 e. The minimum atomic E-state index is -1.11. The number of rotatable bonds is 11. The summed E-state index contributed by atoms with van der Waals surface area (Å²) < 4.78 is 20.3. The minimum absolute atomic E-state index is 0.152. The van der Waals surface area contributed by atoms with Gasteiger partial charge < -0.3 is 24.3 Å². The molecule has 11 heteroatoms. The van der Waals surface area contributed by atoms with Crippen LogP contribution in [-0.4, -0.2) is 48.6 Å². The molecule has 0 spiro atoms. The predicted molar refractivity (Wildman–Crippen MR) is 149 cm³/mol. The van der Waals surface area contributed by atoms with Crippen LogP contribution >= 0.6 is 23.2 Å². The molecule has 1 atom stereocenters. The lowest BCUT2D eigenvalue weighted by molar-refractivity contribution is -0.173. The Morgan fingerprint density at radius 1 is 1.05 bits per heavy atom. The highest BCUT2D eigenvalue weighted by Gasteiger charge is 2.34. The summed E-state index contributed by atoms with van der Waals surface area (Å²) in [4.78, 5) is 33.4. The maximum Gasteiger partial charge on any atom is 0.511 e. The summed E-state index contributed by atoms with van der Waals surface area (Å²) in [5, 5.41) is 4.47. The fourth-order valence-corrected chi connectivity index (χ4v) is 4.10. The Balaban J connectivity index is 1.76. The highest BCUT2D eigenvalue weighted by Crippen LogP contribution is 2.30. The third kappa shape index (κ3) is 8.21. The Kier molecular flexibility index (Phi) is 10.4. The fraction of sp³-hybridized carbons (Fsp3) is 0.357. The van der Waals surface area contributed by atoms with E-state index in [1.807, 2.05) is 30.3 Å². The third-order valence-electron chi connectivity index (χ3n) is 5.79. The molecule has 0 aliphatic carbocycles. The Labute approximate surface area is 237 Å². The van der Waals surface area contributed by atoms with Crippen LogP contribution in [0.25, 0.3) is 11.3 Å². The van der Waals surface area contributed by atoms with Gasteiger partial charge in [0.2, 0.25) is 6.29 Å². The molecule has 0 saturated heterocycles. The highest BCUT2D eigenvalue weighted by atomic mass is 35.5. The molecule has 1 N–H and O–H groups in total. The van der Waals surface area contributed by atoms with Crippen molar-refractivity contribution in [3.63, 3.8) is 0 Å². The van der Waals surface area contributed by atoms with E-state index in [2.05, 4.69) is 15.3 Å². The highest BCUT2D eigenvalue weighted by molar-refractivity contribution is 6.35. The van der Waals surface area contributed by atoms with E-state index in [9.17, 15) is 9.59 Å². The van der Waals surface area contributed by atoms with Crippen molar-refractivity contribution in [2.75, 3.05) is 25.6 Å². The Bertz CT molecular complexity index is 1320. The smallest absolute Gasteiger partial charge is 0.467 e. The number of esters is 1. The summed E-state index contributed by atoms with van der Waals surface area (Å²) in [6, 6.07) is 14.7. The molecule has 9 nitrogen and oxygen atoms in total. The summed E-state index contributed by atoms with van der Waals surface area (Å²) in [7, 11) is 1.49. The van der Waals surface area contributed by atoms with E-state index in [1.54, 1.807) is 39.0 Å². The predicted octanol–water partition coefficient (Wildman–Crippen LogP) is 6.45. The number of aromatic nitrogens is 2. The molecule has 0 radical (unpaired) electrons. The first-order chi connectivity index (χ1) is 18.5. The average molecular weight is 576 g/mol. The van der Waals surface area contributed by atoms with Crippen LogP contribution in [0.3, 0.4) is 0 Å². The van der Waals surface area contributed by atoms with Crippen LogP contribution < -0.4 is 10.1 Å². The number of nitrogens with zero attached hydrogens (tertiary/aromatic N) is 2. The first-order valence-electron chi connectivity index (χ1n) is 12.3. The van der Waals surface area contributed by atoms with Crippen molar-refractivity contribution < 1.29 is 28.5 Å². The van der Waals surface area contributed by atoms with Crippen LogP contribution in [0.4, 0.5) is 10.6 Å². The number of methoxy groups -OCH3 is 1. The Hall–Kier alpha value is -3.56.